The summed E-state index contributed by atoms with van der Waals surface area (Å²) in [4.78, 5) is 8.57. The van der Waals surface area contributed by atoms with Gasteiger partial charge in [-0.05, 0) is 0 Å². The second-order valence-electron chi connectivity index (χ2n) is 1.30. The van der Waals surface area contributed by atoms with Crippen LogP contribution in [-0.4, -0.2) is 23.2 Å². The van der Waals surface area contributed by atoms with Crippen molar-refractivity contribution in [1.82, 2.24) is 0 Å². The summed E-state index contributed by atoms with van der Waals surface area (Å²) in [5, 5.41) is 8.16. The molecule has 0 amide bonds. The molecule has 10 heavy (non-hydrogen) atoms. The Morgan fingerprint density at radius 1 is 1.70 bits per heavy atom. The smallest absolute Gasteiger partial charge is 0.413 e. The van der Waals surface area contributed by atoms with Crippen molar-refractivity contribution >= 4 is 7.82 Å². The van der Waals surface area contributed by atoms with E-state index < -0.39 is 7.82 Å². The van der Waals surface area contributed by atoms with Gasteiger partial charge in [0.05, 0.1) is 19.5 Å². The molecule has 0 aliphatic carbocycles. The maximum absolute atomic E-state index is 10.5. The number of hydrogen-bond acceptors (Lipinski definition) is 4. The zero-order valence-corrected chi connectivity index (χ0v) is 6.16. The number of phosphoric ester groups is 1. The molecular formula is C4H9O5P. The molecule has 0 rings (SSSR count). The van der Waals surface area contributed by atoms with Gasteiger partial charge >= 0.3 is 7.82 Å². The third-order valence-electron chi connectivity index (χ3n) is 0.553. The zero-order chi connectivity index (χ0) is 8.04. The summed E-state index contributed by atoms with van der Waals surface area (Å²) in [5.74, 6) is 0. The molecule has 0 radical (unpaired) electrons. The molecule has 0 aliphatic heterocycles. The SMILES string of the molecule is C=COP(=O)(O)OCCO. The second-order valence-corrected chi connectivity index (χ2v) is 2.70. The summed E-state index contributed by atoms with van der Waals surface area (Å²) in [7, 11) is -3.99. The maximum atomic E-state index is 10.5. The average Bonchev–Trinajstić information content (AvgIpc) is 1.84. The number of aliphatic hydroxyl groups excluding tert-OH is 1. The van der Waals surface area contributed by atoms with E-state index in [1.807, 2.05) is 0 Å². The minimum atomic E-state index is -3.99. The van der Waals surface area contributed by atoms with Gasteiger partial charge in [0.15, 0.2) is 0 Å². The molecule has 0 saturated carbocycles. The molecule has 5 nitrogen and oxygen atoms in total. The normalized spacial score (nSPS) is 15.8. The molecule has 0 aromatic carbocycles. The Balaban J connectivity index is 3.63. The molecule has 0 aliphatic rings. The van der Waals surface area contributed by atoms with Gasteiger partial charge in [-0.25, -0.2) is 4.57 Å². The van der Waals surface area contributed by atoms with Crippen molar-refractivity contribution in [2.45, 2.75) is 0 Å². The second kappa shape index (κ2) is 4.46. The molecule has 0 heterocycles. The van der Waals surface area contributed by atoms with Crippen LogP contribution in [0.2, 0.25) is 0 Å². The topological polar surface area (TPSA) is 76.0 Å². The molecule has 0 saturated heterocycles. The van der Waals surface area contributed by atoms with E-state index >= 15 is 0 Å². The first-order valence-corrected chi connectivity index (χ1v) is 3.99. The summed E-state index contributed by atoms with van der Waals surface area (Å²) in [5.41, 5.74) is 0. The standard InChI is InChI=1S/C4H9O5P/c1-2-8-10(6,7)9-4-3-5/h2,5H,1,3-4H2,(H,6,7). The summed E-state index contributed by atoms with van der Waals surface area (Å²) >= 11 is 0. The van der Waals surface area contributed by atoms with Crippen LogP contribution in [0.5, 0.6) is 0 Å². The third kappa shape index (κ3) is 4.52. The van der Waals surface area contributed by atoms with Crippen molar-refractivity contribution in [3.63, 3.8) is 0 Å². The van der Waals surface area contributed by atoms with Gasteiger partial charge in [0.25, 0.3) is 0 Å². The van der Waals surface area contributed by atoms with Gasteiger partial charge in [0, 0.05) is 0 Å². The van der Waals surface area contributed by atoms with Crippen molar-refractivity contribution < 1.29 is 23.6 Å². The number of rotatable bonds is 5. The van der Waals surface area contributed by atoms with E-state index in [9.17, 15) is 4.57 Å². The van der Waals surface area contributed by atoms with Crippen LogP contribution in [0.15, 0.2) is 12.8 Å². The van der Waals surface area contributed by atoms with Gasteiger partial charge in [0.1, 0.15) is 0 Å². The summed E-state index contributed by atoms with van der Waals surface area (Å²) in [6.45, 7) is 2.49. The van der Waals surface area contributed by atoms with Crippen molar-refractivity contribution in [1.29, 1.82) is 0 Å². The fourth-order valence-electron chi connectivity index (χ4n) is 0.281. The Labute approximate surface area is 58.5 Å². The highest BCUT2D eigenvalue weighted by Gasteiger charge is 2.18. The highest BCUT2D eigenvalue weighted by atomic mass is 31.2. The number of aliphatic hydroxyl groups is 1. The first-order valence-electron chi connectivity index (χ1n) is 2.50. The van der Waals surface area contributed by atoms with Gasteiger partial charge < -0.3 is 9.63 Å². The Bertz CT molecular complexity index is 145. The molecule has 0 aromatic heterocycles. The fourth-order valence-corrected chi connectivity index (χ4v) is 0.842. The van der Waals surface area contributed by atoms with E-state index in [1.54, 1.807) is 0 Å². The van der Waals surface area contributed by atoms with Crippen molar-refractivity contribution in [3.8, 4) is 0 Å². The van der Waals surface area contributed by atoms with E-state index in [-0.39, 0.29) is 13.2 Å². The minimum absolute atomic E-state index is 0.235. The highest BCUT2D eigenvalue weighted by Crippen LogP contribution is 2.42. The van der Waals surface area contributed by atoms with Crippen LogP contribution in [-0.2, 0) is 13.6 Å². The lowest BCUT2D eigenvalue weighted by molar-refractivity contribution is 0.147. The van der Waals surface area contributed by atoms with Gasteiger partial charge in [-0.15, -0.1) is 0 Å². The molecule has 0 bridgehead atoms. The van der Waals surface area contributed by atoms with Crippen molar-refractivity contribution in [3.05, 3.63) is 12.8 Å². The molecule has 6 heteroatoms. The van der Waals surface area contributed by atoms with E-state index in [0.717, 1.165) is 6.26 Å². The van der Waals surface area contributed by atoms with Crippen LogP contribution in [0, 0.1) is 0 Å². The Morgan fingerprint density at radius 3 is 2.70 bits per heavy atom. The van der Waals surface area contributed by atoms with E-state index in [0.29, 0.717) is 0 Å². The molecule has 1 unspecified atom stereocenters. The molecule has 0 aromatic rings. The van der Waals surface area contributed by atoms with Crippen molar-refractivity contribution in [2.75, 3.05) is 13.2 Å². The lowest BCUT2D eigenvalue weighted by Gasteiger charge is -2.07. The Morgan fingerprint density at radius 2 is 2.30 bits per heavy atom. The average molecular weight is 168 g/mol. The molecular weight excluding hydrogens is 159 g/mol. The Hall–Kier alpha value is -0.350. The first-order chi connectivity index (χ1) is 4.62. The van der Waals surface area contributed by atoms with Crippen LogP contribution in [0.25, 0.3) is 0 Å². The van der Waals surface area contributed by atoms with E-state index in [4.69, 9.17) is 10.00 Å². The number of phosphoric acid groups is 1. The van der Waals surface area contributed by atoms with Crippen LogP contribution < -0.4 is 0 Å². The van der Waals surface area contributed by atoms with E-state index in [1.165, 1.54) is 0 Å². The van der Waals surface area contributed by atoms with Gasteiger partial charge in [-0.3, -0.25) is 9.42 Å². The molecule has 0 spiro atoms. The van der Waals surface area contributed by atoms with Crippen LogP contribution >= 0.6 is 7.82 Å². The summed E-state index contributed by atoms with van der Waals surface area (Å²) < 4.78 is 18.8. The predicted octanol–water partition coefficient (Wildman–Crippen LogP) is 0.256. The molecule has 1 atom stereocenters. The van der Waals surface area contributed by atoms with Gasteiger partial charge in [0.2, 0.25) is 0 Å². The van der Waals surface area contributed by atoms with Crippen molar-refractivity contribution in [2.24, 2.45) is 0 Å². The largest absolute Gasteiger partial charge is 0.526 e. The maximum Gasteiger partial charge on any atom is 0.526 e. The Kier molecular flexibility index (Phi) is 4.31. The predicted molar refractivity (Wildman–Crippen MR) is 34.1 cm³/mol. The van der Waals surface area contributed by atoms with Crippen LogP contribution in [0.3, 0.4) is 0 Å². The van der Waals surface area contributed by atoms with Gasteiger partial charge in [-0.1, -0.05) is 6.58 Å². The number of hydrogen-bond donors (Lipinski definition) is 2. The third-order valence-corrected chi connectivity index (χ3v) is 1.48. The fraction of sp³-hybridized carbons (Fsp3) is 0.500. The summed E-state index contributed by atoms with van der Waals surface area (Å²) in [6.07, 6.45) is 0.804. The van der Waals surface area contributed by atoms with Crippen LogP contribution in [0.4, 0.5) is 0 Å². The van der Waals surface area contributed by atoms with E-state index in [2.05, 4.69) is 15.6 Å². The lowest BCUT2D eigenvalue weighted by Crippen LogP contribution is -1.97. The highest BCUT2D eigenvalue weighted by molar-refractivity contribution is 7.47. The summed E-state index contributed by atoms with van der Waals surface area (Å²) in [6, 6.07) is 0. The molecule has 60 valence electrons. The quantitative estimate of drug-likeness (QED) is 0.454. The zero-order valence-electron chi connectivity index (χ0n) is 5.27. The first kappa shape index (κ1) is 9.65. The van der Waals surface area contributed by atoms with Crippen LogP contribution in [0.1, 0.15) is 0 Å². The minimum Gasteiger partial charge on any atom is -0.413 e. The molecule has 2 N–H and O–H groups in total. The monoisotopic (exact) mass is 168 g/mol. The molecule has 0 fully saturated rings. The van der Waals surface area contributed by atoms with Gasteiger partial charge in [-0.2, -0.15) is 0 Å². The lowest BCUT2D eigenvalue weighted by atomic mass is 10.8.